The van der Waals surface area contributed by atoms with Crippen molar-refractivity contribution < 1.29 is 27.5 Å². The first-order valence-corrected chi connectivity index (χ1v) is 8.27. The summed E-state index contributed by atoms with van der Waals surface area (Å²) in [4.78, 5) is 13.1. The van der Waals surface area contributed by atoms with E-state index in [1.807, 2.05) is 0 Å². The number of likely N-dealkylation sites (tertiary alicyclic amines) is 1. The van der Waals surface area contributed by atoms with Gasteiger partial charge in [-0.3, -0.25) is 9.69 Å². The van der Waals surface area contributed by atoms with Crippen LogP contribution in [0.25, 0.3) is 0 Å². The van der Waals surface area contributed by atoms with Gasteiger partial charge in [-0.15, -0.1) is 0 Å². The van der Waals surface area contributed by atoms with Crippen LogP contribution in [0.15, 0.2) is 36.4 Å². The number of carboxylic acid groups (broad SMARTS) is 1. The lowest BCUT2D eigenvalue weighted by Crippen LogP contribution is -2.47. The predicted octanol–water partition coefficient (Wildman–Crippen LogP) is 4.27. The summed E-state index contributed by atoms with van der Waals surface area (Å²) in [5.74, 6) is -4.50. The molecule has 1 N–H and O–H groups in total. The summed E-state index contributed by atoms with van der Waals surface area (Å²) in [5, 5.41) is 9.53. The molecule has 0 aromatic heterocycles. The van der Waals surface area contributed by atoms with E-state index in [0.29, 0.717) is 37.9 Å². The number of rotatable bonds is 4. The van der Waals surface area contributed by atoms with Crippen molar-refractivity contribution in [1.29, 1.82) is 0 Å². The molecule has 0 amide bonds. The van der Waals surface area contributed by atoms with Gasteiger partial charge in [0.1, 0.15) is 29.3 Å². The van der Waals surface area contributed by atoms with Gasteiger partial charge in [0.2, 0.25) is 0 Å². The van der Waals surface area contributed by atoms with Gasteiger partial charge >= 0.3 is 5.97 Å². The van der Waals surface area contributed by atoms with E-state index in [1.54, 1.807) is 0 Å². The number of carbonyl (C=O) groups is 1. The Morgan fingerprint density at radius 1 is 0.962 bits per heavy atom. The molecule has 0 aliphatic carbocycles. The molecule has 1 atom stereocenters. The first-order valence-electron chi connectivity index (χ1n) is 8.27. The number of piperidine rings is 1. The number of hydrogen-bond acceptors (Lipinski definition) is 2. The molecular weight excluding hydrogens is 350 g/mol. The predicted molar refractivity (Wildman–Crippen MR) is 86.5 cm³/mol. The molecule has 2 aromatic rings. The summed E-state index contributed by atoms with van der Waals surface area (Å²) in [6.45, 7) is 0.301. The lowest BCUT2D eigenvalue weighted by molar-refractivity contribution is -0.145. The molecular formula is C19H17F4NO2. The summed E-state index contributed by atoms with van der Waals surface area (Å²) in [6.07, 6.45) is 1.67. The van der Waals surface area contributed by atoms with E-state index in [2.05, 4.69) is 0 Å². The van der Waals surface area contributed by atoms with E-state index < -0.39 is 41.3 Å². The Bertz CT molecular complexity index is 776. The zero-order valence-electron chi connectivity index (χ0n) is 13.8. The van der Waals surface area contributed by atoms with Crippen molar-refractivity contribution in [2.75, 3.05) is 6.54 Å². The van der Waals surface area contributed by atoms with E-state index in [0.717, 1.165) is 12.1 Å². The molecule has 3 nitrogen and oxygen atoms in total. The van der Waals surface area contributed by atoms with Crippen molar-refractivity contribution in [3.8, 4) is 0 Å². The molecule has 0 spiro atoms. The van der Waals surface area contributed by atoms with Crippen LogP contribution >= 0.6 is 0 Å². The molecule has 0 saturated carbocycles. The average Bonchev–Trinajstić information content (AvgIpc) is 2.59. The maximum Gasteiger partial charge on any atom is 0.320 e. The molecule has 1 unspecified atom stereocenters. The highest BCUT2D eigenvalue weighted by molar-refractivity contribution is 5.73. The minimum absolute atomic E-state index is 0.0509. The van der Waals surface area contributed by atoms with E-state index >= 15 is 0 Å². The molecule has 1 saturated heterocycles. The van der Waals surface area contributed by atoms with Crippen molar-refractivity contribution in [3.05, 3.63) is 70.8 Å². The highest BCUT2D eigenvalue weighted by Gasteiger charge is 2.37. The third kappa shape index (κ3) is 3.58. The van der Waals surface area contributed by atoms with E-state index in [9.17, 15) is 27.5 Å². The van der Waals surface area contributed by atoms with Gasteiger partial charge in [0.15, 0.2) is 0 Å². The molecule has 7 heteroatoms. The quantitative estimate of drug-likeness (QED) is 0.821. The molecule has 2 aromatic carbocycles. The fraction of sp³-hybridized carbons (Fsp3) is 0.316. The van der Waals surface area contributed by atoms with Crippen molar-refractivity contribution in [2.45, 2.75) is 31.3 Å². The van der Waals surface area contributed by atoms with Crippen LogP contribution in [-0.2, 0) is 4.79 Å². The molecule has 1 aliphatic rings. The number of aliphatic carboxylic acids is 1. The second-order valence-electron chi connectivity index (χ2n) is 6.32. The Morgan fingerprint density at radius 2 is 1.50 bits per heavy atom. The zero-order valence-corrected chi connectivity index (χ0v) is 13.8. The van der Waals surface area contributed by atoms with Crippen molar-refractivity contribution in [2.24, 2.45) is 0 Å². The van der Waals surface area contributed by atoms with Crippen LogP contribution in [-0.4, -0.2) is 28.6 Å². The minimum atomic E-state index is -1.10. The highest BCUT2D eigenvalue weighted by atomic mass is 19.1. The maximum atomic E-state index is 14.5. The second kappa shape index (κ2) is 7.45. The Balaban J connectivity index is 2.16. The van der Waals surface area contributed by atoms with Crippen LogP contribution in [0.3, 0.4) is 0 Å². The van der Waals surface area contributed by atoms with Gasteiger partial charge in [0, 0.05) is 23.3 Å². The van der Waals surface area contributed by atoms with Gasteiger partial charge in [0.25, 0.3) is 0 Å². The van der Waals surface area contributed by atoms with E-state index in [4.69, 9.17) is 0 Å². The van der Waals surface area contributed by atoms with Gasteiger partial charge < -0.3 is 5.11 Å². The lowest BCUT2D eigenvalue weighted by atomic mass is 9.91. The van der Waals surface area contributed by atoms with Crippen molar-refractivity contribution in [1.82, 2.24) is 4.90 Å². The summed E-state index contributed by atoms with van der Waals surface area (Å²) >= 11 is 0. The fourth-order valence-electron chi connectivity index (χ4n) is 3.50. The second-order valence-corrected chi connectivity index (χ2v) is 6.32. The number of halogens is 4. The SMILES string of the molecule is O=C(O)C1CCCCN1C(c1ccc(F)cc1F)c1ccc(F)cc1F. The van der Waals surface area contributed by atoms with Crippen LogP contribution < -0.4 is 0 Å². The number of carboxylic acids is 1. The Morgan fingerprint density at radius 3 is 1.96 bits per heavy atom. The smallest absolute Gasteiger partial charge is 0.320 e. The maximum absolute atomic E-state index is 14.5. The van der Waals surface area contributed by atoms with Crippen LogP contribution in [0.2, 0.25) is 0 Å². The molecule has 0 radical (unpaired) electrons. The molecule has 0 bridgehead atoms. The molecule has 1 heterocycles. The Hall–Kier alpha value is -2.41. The minimum Gasteiger partial charge on any atom is -0.480 e. The summed E-state index contributed by atoms with van der Waals surface area (Å²) in [6, 6.07) is 3.71. The average molecular weight is 367 g/mol. The zero-order chi connectivity index (χ0) is 18.8. The summed E-state index contributed by atoms with van der Waals surface area (Å²) < 4.78 is 55.6. The summed E-state index contributed by atoms with van der Waals surface area (Å²) in [5.41, 5.74) is -0.102. The standard InChI is InChI=1S/C19H17F4NO2/c20-11-4-6-13(15(22)9-11)18(14-7-5-12(21)10-16(14)23)24-8-2-1-3-17(24)19(25)26/h4-7,9-10,17-18H,1-3,8H2,(H,25,26). The normalized spacial score (nSPS) is 18.3. The Kier molecular flexibility index (Phi) is 5.27. The molecule has 1 fully saturated rings. The summed E-state index contributed by atoms with van der Waals surface area (Å²) in [7, 11) is 0. The van der Waals surface area contributed by atoms with Gasteiger partial charge in [-0.25, -0.2) is 17.6 Å². The molecule has 138 valence electrons. The molecule has 26 heavy (non-hydrogen) atoms. The number of nitrogens with zero attached hydrogens (tertiary/aromatic N) is 1. The van der Waals surface area contributed by atoms with Crippen molar-refractivity contribution in [3.63, 3.8) is 0 Å². The largest absolute Gasteiger partial charge is 0.480 e. The molecule has 1 aliphatic heterocycles. The van der Waals surface area contributed by atoms with Crippen LogP contribution in [0.1, 0.15) is 36.4 Å². The van der Waals surface area contributed by atoms with Gasteiger partial charge in [-0.05, 0) is 31.5 Å². The third-order valence-electron chi connectivity index (χ3n) is 4.68. The van der Waals surface area contributed by atoms with Gasteiger partial charge in [0.05, 0.1) is 6.04 Å². The first-order chi connectivity index (χ1) is 12.4. The van der Waals surface area contributed by atoms with Crippen LogP contribution in [0, 0.1) is 23.3 Å². The van der Waals surface area contributed by atoms with Gasteiger partial charge in [-0.2, -0.15) is 0 Å². The Labute approximate surface area is 147 Å². The topological polar surface area (TPSA) is 40.5 Å². The number of hydrogen-bond donors (Lipinski definition) is 1. The van der Waals surface area contributed by atoms with Crippen molar-refractivity contribution >= 4 is 5.97 Å². The van der Waals surface area contributed by atoms with Gasteiger partial charge in [-0.1, -0.05) is 18.6 Å². The lowest BCUT2D eigenvalue weighted by Gasteiger charge is -2.39. The van der Waals surface area contributed by atoms with E-state index in [1.165, 1.54) is 17.0 Å². The first kappa shape index (κ1) is 18.4. The third-order valence-corrected chi connectivity index (χ3v) is 4.68. The fourth-order valence-corrected chi connectivity index (χ4v) is 3.50. The molecule has 3 rings (SSSR count). The highest BCUT2D eigenvalue weighted by Crippen LogP contribution is 2.36. The van der Waals surface area contributed by atoms with E-state index in [-0.39, 0.29) is 11.1 Å². The monoisotopic (exact) mass is 367 g/mol. The van der Waals surface area contributed by atoms with Crippen LogP contribution in [0.4, 0.5) is 17.6 Å². The van der Waals surface area contributed by atoms with Crippen LogP contribution in [0.5, 0.6) is 0 Å². The number of benzene rings is 2.